The van der Waals surface area contributed by atoms with Crippen molar-refractivity contribution in [3.63, 3.8) is 0 Å². The molecule has 1 heterocycles. The predicted molar refractivity (Wildman–Crippen MR) is 74.6 cm³/mol. The van der Waals surface area contributed by atoms with E-state index in [0.717, 1.165) is 43.8 Å². The van der Waals surface area contributed by atoms with Crippen LogP contribution in [0.4, 0.5) is 0 Å². The standard InChI is InChI=1S/C16H26N2O/c19-15(18-10-14-8-17-9-14)7-16-4-11-1-12(5-16)3-13(2-11)6-16/h11-14,17H,1-10H2,(H,18,19). The van der Waals surface area contributed by atoms with Crippen molar-refractivity contribution in [1.82, 2.24) is 10.6 Å². The summed E-state index contributed by atoms with van der Waals surface area (Å²) < 4.78 is 0. The van der Waals surface area contributed by atoms with Crippen molar-refractivity contribution in [2.75, 3.05) is 19.6 Å². The van der Waals surface area contributed by atoms with Crippen LogP contribution in [0.3, 0.4) is 0 Å². The van der Waals surface area contributed by atoms with Crippen LogP contribution < -0.4 is 10.6 Å². The number of amides is 1. The van der Waals surface area contributed by atoms with Gasteiger partial charge in [-0.25, -0.2) is 0 Å². The van der Waals surface area contributed by atoms with Crippen LogP contribution >= 0.6 is 0 Å². The Balaban J connectivity index is 1.35. The van der Waals surface area contributed by atoms with E-state index in [0.29, 0.717) is 17.2 Å². The largest absolute Gasteiger partial charge is 0.356 e. The Bertz CT molecular complexity index is 340. The minimum absolute atomic E-state index is 0.328. The molecule has 19 heavy (non-hydrogen) atoms. The van der Waals surface area contributed by atoms with E-state index in [4.69, 9.17) is 0 Å². The number of hydrogen-bond acceptors (Lipinski definition) is 2. The van der Waals surface area contributed by atoms with Crippen molar-refractivity contribution in [2.24, 2.45) is 29.1 Å². The quantitative estimate of drug-likeness (QED) is 0.813. The van der Waals surface area contributed by atoms with Crippen molar-refractivity contribution in [1.29, 1.82) is 0 Å². The molecule has 0 radical (unpaired) electrons. The van der Waals surface area contributed by atoms with E-state index in [1.807, 2.05) is 0 Å². The van der Waals surface area contributed by atoms with E-state index in [-0.39, 0.29) is 0 Å². The Morgan fingerprint density at radius 2 is 1.63 bits per heavy atom. The van der Waals surface area contributed by atoms with Crippen LogP contribution in [-0.2, 0) is 4.79 Å². The highest BCUT2D eigenvalue weighted by Crippen LogP contribution is 2.61. The van der Waals surface area contributed by atoms with Crippen molar-refractivity contribution < 1.29 is 4.79 Å². The highest BCUT2D eigenvalue weighted by Gasteiger charge is 2.51. The van der Waals surface area contributed by atoms with Crippen LogP contribution in [0.2, 0.25) is 0 Å². The third kappa shape index (κ3) is 2.31. The van der Waals surface area contributed by atoms with Gasteiger partial charge in [0, 0.05) is 32.0 Å². The number of rotatable bonds is 4. The third-order valence-electron chi connectivity index (χ3n) is 6.15. The summed E-state index contributed by atoms with van der Waals surface area (Å²) in [6.07, 6.45) is 9.25. The molecule has 0 spiro atoms. The average molecular weight is 262 g/mol. The van der Waals surface area contributed by atoms with Crippen LogP contribution in [-0.4, -0.2) is 25.5 Å². The maximum Gasteiger partial charge on any atom is 0.220 e. The first kappa shape index (κ1) is 12.2. The smallest absolute Gasteiger partial charge is 0.220 e. The Labute approximate surface area is 115 Å². The molecule has 0 aromatic rings. The van der Waals surface area contributed by atoms with Gasteiger partial charge < -0.3 is 10.6 Å². The topological polar surface area (TPSA) is 41.1 Å². The summed E-state index contributed by atoms with van der Waals surface area (Å²) in [6, 6.07) is 0. The van der Waals surface area contributed by atoms with Crippen LogP contribution in [0.5, 0.6) is 0 Å². The molecule has 4 aliphatic carbocycles. The van der Waals surface area contributed by atoms with E-state index in [2.05, 4.69) is 10.6 Å². The second-order valence-electron chi connectivity index (χ2n) is 7.92. The summed E-state index contributed by atoms with van der Waals surface area (Å²) in [5.74, 6) is 3.87. The predicted octanol–water partition coefficient (Wildman–Crippen LogP) is 1.93. The molecule has 3 nitrogen and oxygen atoms in total. The van der Waals surface area contributed by atoms with Gasteiger partial charge in [0.15, 0.2) is 0 Å². The average Bonchev–Trinajstić information content (AvgIpc) is 2.23. The summed E-state index contributed by atoms with van der Waals surface area (Å²) in [5, 5.41) is 6.44. The van der Waals surface area contributed by atoms with Crippen LogP contribution in [0, 0.1) is 29.1 Å². The lowest BCUT2D eigenvalue weighted by atomic mass is 9.49. The van der Waals surface area contributed by atoms with Gasteiger partial charge >= 0.3 is 0 Å². The molecule has 1 aliphatic heterocycles. The van der Waals surface area contributed by atoms with Gasteiger partial charge in [-0.1, -0.05) is 0 Å². The second-order valence-corrected chi connectivity index (χ2v) is 7.92. The summed E-state index contributed by atoms with van der Waals surface area (Å²) in [6.45, 7) is 3.05. The van der Waals surface area contributed by atoms with Gasteiger partial charge in [-0.15, -0.1) is 0 Å². The first-order valence-corrected chi connectivity index (χ1v) is 8.18. The summed E-state index contributed by atoms with van der Waals surface area (Å²) in [7, 11) is 0. The molecule has 0 aromatic heterocycles. The van der Waals surface area contributed by atoms with Gasteiger partial charge in [0.1, 0.15) is 0 Å². The van der Waals surface area contributed by atoms with Gasteiger partial charge in [0.05, 0.1) is 0 Å². The van der Waals surface area contributed by atoms with Crippen molar-refractivity contribution in [3.8, 4) is 0 Å². The number of hydrogen-bond donors (Lipinski definition) is 2. The molecule has 106 valence electrons. The highest BCUT2D eigenvalue weighted by atomic mass is 16.1. The molecule has 5 rings (SSSR count). The molecule has 4 bridgehead atoms. The fraction of sp³-hybridized carbons (Fsp3) is 0.938. The highest BCUT2D eigenvalue weighted by molar-refractivity contribution is 5.76. The second kappa shape index (κ2) is 4.47. The summed E-state index contributed by atoms with van der Waals surface area (Å²) >= 11 is 0. The minimum atomic E-state index is 0.328. The zero-order valence-electron chi connectivity index (χ0n) is 11.8. The van der Waals surface area contributed by atoms with Gasteiger partial charge in [-0.3, -0.25) is 4.79 Å². The van der Waals surface area contributed by atoms with E-state index in [1.54, 1.807) is 0 Å². The molecule has 0 atom stereocenters. The molecular weight excluding hydrogens is 236 g/mol. The van der Waals surface area contributed by atoms with E-state index in [9.17, 15) is 4.79 Å². The van der Waals surface area contributed by atoms with Gasteiger partial charge in [0.2, 0.25) is 5.91 Å². The molecular formula is C16H26N2O. The van der Waals surface area contributed by atoms with E-state index >= 15 is 0 Å². The van der Waals surface area contributed by atoms with Crippen molar-refractivity contribution >= 4 is 5.91 Å². The van der Waals surface area contributed by atoms with Crippen molar-refractivity contribution in [3.05, 3.63) is 0 Å². The SMILES string of the molecule is O=C(CC12CC3CC(CC(C3)C1)C2)NCC1CNC1. The molecule has 2 N–H and O–H groups in total. The Morgan fingerprint density at radius 1 is 1.05 bits per heavy atom. The molecule has 5 fully saturated rings. The molecule has 4 saturated carbocycles. The minimum Gasteiger partial charge on any atom is -0.356 e. The first-order valence-electron chi connectivity index (χ1n) is 8.18. The molecule has 5 aliphatic rings. The number of carbonyl (C=O) groups excluding carboxylic acids is 1. The van der Waals surface area contributed by atoms with Crippen molar-refractivity contribution in [2.45, 2.75) is 44.9 Å². The van der Waals surface area contributed by atoms with Crippen LogP contribution in [0.25, 0.3) is 0 Å². The van der Waals surface area contributed by atoms with Crippen LogP contribution in [0.1, 0.15) is 44.9 Å². The number of carbonyl (C=O) groups is 1. The fourth-order valence-electron chi connectivity index (χ4n) is 5.66. The van der Waals surface area contributed by atoms with Gasteiger partial charge in [0.25, 0.3) is 0 Å². The Morgan fingerprint density at radius 3 is 2.11 bits per heavy atom. The van der Waals surface area contributed by atoms with E-state index in [1.165, 1.54) is 38.5 Å². The number of nitrogens with one attached hydrogen (secondary N) is 2. The zero-order chi connectivity index (χ0) is 12.9. The van der Waals surface area contributed by atoms with Gasteiger partial charge in [-0.05, 0) is 61.7 Å². The van der Waals surface area contributed by atoms with E-state index < -0.39 is 0 Å². The fourth-order valence-corrected chi connectivity index (χ4v) is 5.66. The lowest BCUT2D eigenvalue weighted by Crippen LogP contribution is -2.50. The molecule has 1 saturated heterocycles. The molecule has 0 aromatic carbocycles. The molecule has 0 unspecified atom stereocenters. The maximum absolute atomic E-state index is 12.2. The molecule has 3 heteroatoms. The third-order valence-corrected chi connectivity index (χ3v) is 6.15. The Hall–Kier alpha value is -0.570. The maximum atomic E-state index is 12.2. The lowest BCUT2D eigenvalue weighted by Gasteiger charge is -2.56. The normalized spacial score (nSPS) is 44.1. The molecule has 1 amide bonds. The summed E-state index contributed by atoms with van der Waals surface area (Å²) in [5.41, 5.74) is 0.400. The summed E-state index contributed by atoms with van der Waals surface area (Å²) in [4.78, 5) is 12.2. The monoisotopic (exact) mass is 262 g/mol. The van der Waals surface area contributed by atoms with Gasteiger partial charge in [-0.2, -0.15) is 0 Å². The lowest BCUT2D eigenvalue weighted by molar-refractivity contribution is -0.129. The first-order chi connectivity index (χ1) is 9.21. The zero-order valence-corrected chi connectivity index (χ0v) is 11.8. The Kier molecular flexibility index (Phi) is 2.87. The van der Waals surface area contributed by atoms with Crippen LogP contribution in [0.15, 0.2) is 0 Å².